The van der Waals surface area contributed by atoms with Crippen LogP contribution in [-0.2, 0) is 21.1 Å². The third-order valence-corrected chi connectivity index (χ3v) is 6.88. The number of nitrogens with one attached hydrogen (secondary N) is 1. The molecule has 0 bridgehead atoms. The molecular weight excluding hydrogens is 331 g/mol. The molecule has 2 aliphatic heterocycles. The van der Waals surface area contributed by atoms with Gasteiger partial charge in [-0.1, -0.05) is 12.1 Å². The van der Waals surface area contributed by atoms with E-state index in [1.165, 1.54) is 17.0 Å². The summed E-state index contributed by atoms with van der Waals surface area (Å²) in [7, 11) is -2.85. The number of amides is 1. The highest BCUT2D eigenvalue weighted by Crippen LogP contribution is 2.10. The fourth-order valence-corrected chi connectivity index (χ4v) is 5.45. The Morgan fingerprint density at radius 1 is 1.21 bits per heavy atom. The molecule has 0 aliphatic carbocycles. The summed E-state index contributed by atoms with van der Waals surface area (Å²) < 4.78 is 36.1. The van der Waals surface area contributed by atoms with Crippen molar-refractivity contribution in [2.45, 2.75) is 25.3 Å². The van der Waals surface area contributed by atoms with Crippen LogP contribution in [0.25, 0.3) is 0 Å². The number of quaternary nitrogens is 1. The Kier molecular flexibility index (Phi) is 5.20. The van der Waals surface area contributed by atoms with E-state index >= 15 is 0 Å². The summed E-state index contributed by atoms with van der Waals surface area (Å²) in [4.78, 5) is 15.5. The Hall–Kier alpha value is -1.47. The first-order valence-electron chi connectivity index (χ1n) is 8.50. The zero-order valence-corrected chi connectivity index (χ0v) is 14.5. The van der Waals surface area contributed by atoms with Crippen LogP contribution < -0.4 is 4.90 Å². The molecule has 0 spiro atoms. The topological polar surface area (TPSA) is 58.9 Å². The molecule has 24 heavy (non-hydrogen) atoms. The maximum atomic E-state index is 12.9. The minimum Gasteiger partial charge on any atom is -0.331 e. The van der Waals surface area contributed by atoms with Gasteiger partial charge in [-0.15, -0.1) is 0 Å². The van der Waals surface area contributed by atoms with Crippen molar-refractivity contribution in [1.29, 1.82) is 0 Å². The Labute approximate surface area is 142 Å². The van der Waals surface area contributed by atoms with E-state index < -0.39 is 9.84 Å². The number of halogens is 1. The predicted molar refractivity (Wildman–Crippen MR) is 89.1 cm³/mol. The Bertz CT molecular complexity index is 682. The Morgan fingerprint density at radius 2 is 1.88 bits per heavy atom. The van der Waals surface area contributed by atoms with Gasteiger partial charge in [0.15, 0.2) is 9.84 Å². The highest BCUT2D eigenvalue weighted by Gasteiger charge is 2.37. The smallest absolute Gasteiger partial charge is 0.223 e. The maximum Gasteiger partial charge on any atom is 0.223 e. The van der Waals surface area contributed by atoms with Crippen molar-refractivity contribution in [3.05, 3.63) is 35.6 Å². The number of piperazine rings is 1. The summed E-state index contributed by atoms with van der Waals surface area (Å²) in [6, 6.07) is 6.46. The highest BCUT2D eigenvalue weighted by molar-refractivity contribution is 7.91. The Balaban J connectivity index is 1.44. The molecule has 3 rings (SSSR count). The van der Waals surface area contributed by atoms with Gasteiger partial charge in [-0.25, -0.2) is 12.8 Å². The number of carbonyl (C=O) groups is 1. The molecule has 2 saturated heterocycles. The second-order valence-electron chi connectivity index (χ2n) is 6.77. The molecule has 0 unspecified atom stereocenters. The molecule has 2 fully saturated rings. The third kappa shape index (κ3) is 4.33. The molecule has 132 valence electrons. The van der Waals surface area contributed by atoms with Crippen molar-refractivity contribution < 1.29 is 22.5 Å². The monoisotopic (exact) mass is 355 g/mol. The molecule has 1 N–H and O–H groups in total. The van der Waals surface area contributed by atoms with E-state index in [0.29, 0.717) is 37.4 Å². The van der Waals surface area contributed by atoms with E-state index in [-0.39, 0.29) is 17.8 Å². The quantitative estimate of drug-likeness (QED) is 0.805. The lowest BCUT2D eigenvalue weighted by Gasteiger charge is -2.35. The first-order valence-corrected chi connectivity index (χ1v) is 10.3. The van der Waals surface area contributed by atoms with Crippen molar-refractivity contribution in [2.24, 2.45) is 0 Å². The highest BCUT2D eigenvalue weighted by atomic mass is 32.2. The van der Waals surface area contributed by atoms with Crippen LogP contribution in [0.4, 0.5) is 4.39 Å². The van der Waals surface area contributed by atoms with Gasteiger partial charge >= 0.3 is 0 Å². The van der Waals surface area contributed by atoms with Crippen LogP contribution in [0.2, 0.25) is 0 Å². The number of sulfone groups is 1. The average molecular weight is 355 g/mol. The molecule has 0 saturated carbocycles. The SMILES string of the molecule is O=C(CCc1ccc(F)cc1)N1CC[NH+]([C@@H]2CCS(=O)(=O)C2)CC1. The standard InChI is InChI=1S/C17H23FN2O3S/c18-15-4-1-14(2-5-15)3-6-17(21)20-10-8-19(9-11-20)16-7-12-24(22,23)13-16/h1-2,4-5,16H,3,6-13H2/p+1/t16-/m1/s1. The van der Waals surface area contributed by atoms with Gasteiger partial charge in [0.1, 0.15) is 17.6 Å². The van der Waals surface area contributed by atoms with Crippen molar-refractivity contribution in [2.75, 3.05) is 37.7 Å². The van der Waals surface area contributed by atoms with Gasteiger partial charge in [0.25, 0.3) is 0 Å². The molecule has 5 nitrogen and oxygen atoms in total. The van der Waals surface area contributed by atoms with E-state index in [9.17, 15) is 17.6 Å². The van der Waals surface area contributed by atoms with E-state index in [1.54, 1.807) is 12.1 Å². The molecule has 2 aliphatic rings. The number of benzene rings is 1. The van der Waals surface area contributed by atoms with Gasteiger partial charge in [0.2, 0.25) is 5.91 Å². The van der Waals surface area contributed by atoms with Crippen LogP contribution in [0.15, 0.2) is 24.3 Å². The van der Waals surface area contributed by atoms with Crippen molar-refractivity contribution in [3.63, 3.8) is 0 Å². The largest absolute Gasteiger partial charge is 0.331 e. The summed E-state index contributed by atoms with van der Waals surface area (Å²) in [6.45, 7) is 3.02. The Morgan fingerprint density at radius 3 is 2.46 bits per heavy atom. The molecule has 1 aromatic carbocycles. The number of rotatable bonds is 4. The van der Waals surface area contributed by atoms with Crippen LogP contribution in [-0.4, -0.2) is 63.0 Å². The summed E-state index contributed by atoms with van der Waals surface area (Å²) in [5.74, 6) is 0.456. The second kappa shape index (κ2) is 7.19. The van der Waals surface area contributed by atoms with Gasteiger partial charge in [-0.2, -0.15) is 0 Å². The van der Waals surface area contributed by atoms with Gasteiger partial charge in [-0.3, -0.25) is 4.79 Å². The average Bonchev–Trinajstić information content (AvgIpc) is 2.94. The maximum absolute atomic E-state index is 12.9. The summed E-state index contributed by atoms with van der Waals surface area (Å²) in [5.41, 5.74) is 0.963. The summed E-state index contributed by atoms with van der Waals surface area (Å²) >= 11 is 0. The van der Waals surface area contributed by atoms with Crippen LogP contribution in [0.1, 0.15) is 18.4 Å². The fourth-order valence-electron chi connectivity index (χ4n) is 3.63. The van der Waals surface area contributed by atoms with Crippen molar-refractivity contribution in [1.82, 2.24) is 4.90 Å². The van der Waals surface area contributed by atoms with E-state index in [0.717, 1.165) is 25.1 Å². The summed E-state index contributed by atoms with van der Waals surface area (Å²) in [5, 5.41) is 0. The van der Waals surface area contributed by atoms with Gasteiger partial charge < -0.3 is 9.80 Å². The number of nitrogens with zero attached hydrogens (tertiary/aromatic N) is 1. The molecule has 0 aromatic heterocycles. The number of hydrogen-bond donors (Lipinski definition) is 1. The predicted octanol–water partition coefficient (Wildman–Crippen LogP) is -0.327. The van der Waals surface area contributed by atoms with Crippen LogP contribution in [0, 0.1) is 5.82 Å². The normalized spacial score (nSPS) is 24.2. The van der Waals surface area contributed by atoms with Crippen LogP contribution >= 0.6 is 0 Å². The lowest BCUT2D eigenvalue weighted by Crippen LogP contribution is -3.18. The van der Waals surface area contributed by atoms with Gasteiger partial charge in [-0.05, 0) is 24.1 Å². The number of carbonyl (C=O) groups excluding carboxylic acids is 1. The van der Waals surface area contributed by atoms with Crippen molar-refractivity contribution in [3.8, 4) is 0 Å². The van der Waals surface area contributed by atoms with Gasteiger partial charge in [0.05, 0.1) is 31.9 Å². The van der Waals surface area contributed by atoms with E-state index in [4.69, 9.17) is 0 Å². The molecule has 1 atom stereocenters. The van der Waals surface area contributed by atoms with E-state index in [2.05, 4.69) is 0 Å². The van der Waals surface area contributed by atoms with Crippen LogP contribution in [0.3, 0.4) is 0 Å². The molecule has 1 amide bonds. The molecule has 1 aromatic rings. The summed E-state index contributed by atoms with van der Waals surface area (Å²) in [6.07, 6.45) is 1.79. The first-order chi connectivity index (χ1) is 11.4. The molecule has 7 heteroatoms. The zero-order valence-electron chi connectivity index (χ0n) is 13.7. The second-order valence-corrected chi connectivity index (χ2v) is 8.99. The minimum absolute atomic E-state index is 0.123. The number of aryl methyl sites for hydroxylation is 1. The lowest BCUT2D eigenvalue weighted by atomic mass is 10.1. The third-order valence-electron chi connectivity index (χ3n) is 5.11. The molecule has 2 heterocycles. The van der Waals surface area contributed by atoms with Gasteiger partial charge in [0, 0.05) is 12.8 Å². The van der Waals surface area contributed by atoms with Crippen molar-refractivity contribution >= 4 is 15.7 Å². The fraction of sp³-hybridized carbons (Fsp3) is 0.588. The first kappa shape index (κ1) is 17.4. The lowest BCUT2D eigenvalue weighted by molar-refractivity contribution is -0.925. The minimum atomic E-state index is -2.85. The van der Waals surface area contributed by atoms with E-state index in [1.807, 2.05) is 4.90 Å². The molecule has 0 radical (unpaired) electrons. The number of hydrogen-bond acceptors (Lipinski definition) is 3. The zero-order chi connectivity index (χ0) is 17.2. The molecular formula is C17H24FN2O3S+. The van der Waals surface area contributed by atoms with Crippen LogP contribution in [0.5, 0.6) is 0 Å².